The average Bonchev–Trinajstić information content (AvgIpc) is 3.06. The fourth-order valence-corrected chi connectivity index (χ4v) is 3.16. The van der Waals surface area contributed by atoms with Crippen molar-refractivity contribution in [3.05, 3.63) is 72.6 Å². The highest BCUT2D eigenvalue weighted by Gasteiger charge is 2.14. The Morgan fingerprint density at radius 2 is 1.76 bits per heavy atom. The summed E-state index contributed by atoms with van der Waals surface area (Å²) >= 11 is 1.54. The predicted molar refractivity (Wildman–Crippen MR) is 94.8 cm³/mol. The van der Waals surface area contributed by atoms with Gasteiger partial charge in [0.25, 0.3) is 0 Å². The summed E-state index contributed by atoms with van der Waals surface area (Å²) in [4.78, 5) is 25.3. The fourth-order valence-electron chi connectivity index (χ4n) is 2.24. The number of nitrogens with one attached hydrogen (secondary N) is 1. The zero-order valence-corrected chi connectivity index (χ0v) is 13.9. The number of carboxylic acids is 1. The highest BCUT2D eigenvalue weighted by molar-refractivity contribution is 7.99. The number of carbonyl (C=O) groups is 2. The predicted octanol–water partition coefficient (Wildman–Crippen LogP) is 3.37. The summed E-state index contributed by atoms with van der Waals surface area (Å²) in [6.45, 7) is -0.168. The van der Waals surface area contributed by atoms with Gasteiger partial charge in [0, 0.05) is 16.0 Å². The van der Waals surface area contributed by atoms with Gasteiger partial charge in [0.15, 0.2) is 0 Å². The number of amides is 1. The van der Waals surface area contributed by atoms with Gasteiger partial charge in [-0.1, -0.05) is 42.1 Å². The molecule has 126 valence electrons. The molecular weight excluding hydrogens is 338 g/mol. The Morgan fingerprint density at radius 1 is 1.04 bits per heavy atom. The molecule has 0 unspecified atom stereocenters. The molecule has 0 aliphatic rings. The molecule has 0 aliphatic heterocycles. The normalized spacial score (nSPS) is 10.4. The van der Waals surface area contributed by atoms with Gasteiger partial charge in [-0.3, -0.25) is 4.79 Å². The molecule has 2 aromatic carbocycles. The van der Waals surface area contributed by atoms with Gasteiger partial charge in [-0.05, 0) is 30.3 Å². The summed E-state index contributed by atoms with van der Waals surface area (Å²) in [5.74, 6) is -1.46. The number of hydrogen-bond acceptors (Lipinski definition) is 4. The number of hydrogen-bond donors (Lipinski definition) is 2. The van der Waals surface area contributed by atoms with Crippen LogP contribution in [0.3, 0.4) is 0 Å². The van der Waals surface area contributed by atoms with E-state index in [9.17, 15) is 9.59 Å². The van der Waals surface area contributed by atoms with Crippen molar-refractivity contribution in [2.75, 3.05) is 5.32 Å². The van der Waals surface area contributed by atoms with Crippen molar-refractivity contribution in [1.82, 2.24) is 9.78 Å². The smallest absolute Gasteiger partial charge is 0.354 e. The Kier molecular flexibility index (Phi) is 5.15. The Morgan fingerprint density at radius 3 is 2.52 bits per heavy atom. The minimum absolute atomic E-state index is 0.0258. The third-order valence-corrected chi connectivity index (χ3v) is 4.44. The molecule has 3 rings (SSSR count). The minimum Gasteiger partial charge on any atom is -0.477 e. The highest BCUT2D eigenvalue weighted by atomic mass is 32.2. The Bertz CT molecular complexity index is 893. The van der Waals surface area contributed by atoms with Crippen LogP contribution in [0.4, 0.5) is 5.69 Å². The van der Waals surface area contributed by atoms with Crippen LogP contribution in [0.25, 0.3) is 0 Å². The monoisotopic (exact) mass is 353 g/mol. The van der Waals surface area contributed by atoms with Crippen LogP contribution in [0, 0.1) is 0 Å². The second-order valence-corrected chi connectivity index (χ2v) is 6.25. The van der Waals surface area contributed by atoms with Crippen molar-refractivity contribution in [1.29, 1.82) is 0 Å². The average molecular weight is 353 g/mol. The van der Waals surface area contributed by atoms with Gasteiger partial charge in [0.05, 0.1) is 5.69 Å². The number of aromatic carboxylic acids is 1. The first kappa shape index (κ1) is 16.8. The molecule has 0 atom stereocenters. The molecule has 0 bridgehead atoms. The lowest BCUT2D eigenvalue weighted by Crippen LogP contribution is -2.22. The van der Waals surface area contributed by atoms with Crippen LogP contribution >= 0.6 is 11.8 Å². The van der Waals surface area contributed by atoms with E-state index in [0.29, 0.717) is 5.69 Å². The second kappa shape index (κ2) is 7.67. The number of aromatic nitrogens is 2. The third-order valence-electron chi connectivity index (χ3n) is 3.36. The maximum absolute atomic E-state index is 12.3. The summed E-state index contributed by atoms with van der Waals surface area (Å²) in [5, 5.41) is 15.8. The van der Waals surface area contributed by atoms with E-state index >= 15 is 0 Å². The number of para-hydroxylation sites is 1. The van der Waals surface area contributed by atoms with E-state index in [-0.39, 0.29) is 18.1 Å². The molecule has 0 fully saturated rings. The molecule has 1 amide bonds. The van der Waals surface area contributed by atoms with Crippen LogP contribution < -0.4 is 5.32 Å². The van der Waals surface area contributed by atoms with Crippen molar-refractivity contribution >= 4 is 29.3 Å². The number of nitrogens with zero attached hydrogens (tertiary/aromatic N) is 2. The molecular formula is C18H15N3O3S. The molecule has 0 saturated heterocycles. The number of carbonyl (C=O) groups excluding carboxylic acids is 1. The van der Waals surface area contributed by atoms with Crippen LogP contribution in [0.5, 0.6) is 0 Å². The van der Waals surface area contributed by atoms with Crippen LogP contribution in [0.2, 0.25) is 0 Å². The molecule has 1 aromatic heterocycles. The molecule has 0 aliphatic carbocycles. The molecule has 6 nitrogen and oxygen atoms in total. The van der Waals surface area contributed by atoms with E-state index in [1.165, 1.54) is 12.3 Å². The molecule has 25 heavy (non-hydrogen) atoms. The lowest BCUT2D eigenvalue weighted by atomic mass is 10.3. The Balaban J connectivity index is 1.73. The molecule has 0 saturated carbocycles. The molecule has 2 N–H and O–H groups in total. The molecule has 1 heterocycles. The third kappa shape index (κ3) is 4.27. The van der Waals surface area contributed by atoms with Gasteiger partial charge in [-0.25, -0.2) is 9.48 Å². The van der Waals surface area contributed by atoms with Gasteiger partial charge in [0.1, 0.15) is 12.2 Å². The summed E-state index contributed by atoms with van der Waals surface area (Å²) in [6, 6.07) is 18.7. The zero-order valence-electron chi connectivity index (χ0n) is 13.1. The zero-order chi connectivity index (χ0) is 17.6. The van der Waals surface area contributed by atoms with Crippen LogP contribution in [0.15, 0.2) is 76.7 Å². The van der Waals surface area contributed by atoms with Crippen molar-refractivity contribution in [2.45, 2.75) is 16.3 Å². The highest BCUT2D eigenvalue weighted by Crippen LogP contribution is 2.33. The summed E-state index contributed by atoms with van der Waals surface area (Å²) < 4.78 is 1.16. The lowest BCUT2D eigenvalue weighted by molar-refractivity contribution is -0.116. The van der Waals surface area contributed by atoms with E-state index in [0.717, 1.165) is 14.5 Å². The van der Waals surface area contributed by atoms with Gasteiger partial charge >= 0.3 is 5.97 Å². The maximum Gasteiger partial charge on any atom is 0.354 e. The van der Waals surface area contributed by atoms with Crippen molar-refractivity contribution in [2.24, 2.45) is 0 Å². The Hall–Kier alpha value is -3.06. The standard InChI is InChI=1S/C18H15N3O3S/c22-17(12-21-15(18(23)24)10-11-19-21)20-14-8-4-5-9-16(14)25-13-6-2-1-3-7-13/h1-11H,12H2,(H,20,22)(H,23,24). The van der Waals surface area contributed by atoms with Crippen molar-refractivity contribution in [3.63, 3.8) is 0 Å². The number of rotatable bonds is 6. The summed E-state index contributed by atoms with van der Waals surface area (Å²) in [6.07, 6.45) is 1.36. The first-order chi connectivity index (χ1) is 12.1. The lowest BCUT2D eigenvalue weighted by Gasteiger charge is -2.11. The minimum atomic E-state index is -1.12. The van der Waals surface area contributed by atoms with Crippen LogP contribution in [-0.2, 0) is 11.3 Å². The maximum atomic E-state index is 12.3. The number of benzene rings is 2. The summed E-state index contributed by atoms with van der Waals surface area (Å²) in [7, 11) is 0. The van der Waals surface area contributed by atoms with Gasteiger partial charge in [-0.2, -0.15) is 5.10 Å². The Labute approximate surface area is 148 Å². The van der Waals surface area contributed by atoms with Crippen LogP contribution in [-0.4, -0.2) is 26.8 Å². The topological polar surface area (TPSA) is 84.2 Å². The van der Waals surface area contributed by atoms with Crippen molar-refractivity contribution < 1.29 is 14.7 Å². The molecule has 0 radical (unpaired) electrons. The van der Waals surface area contributed by atoms with E-state index in [4.69, 9.17) is 5.11 Å². The number of anilines is 1. The number of carboxylic acid groups (broad SMARTS) is 1. The quantitative estimate of drug-likeness (QED) is 0.710. The summed E-state index contributed by atoms with van der Waals surface area (Å²) in [5.41, 5.74) is 0.646. The second-order valence-electron chi connectivity index (χ2n) is 5.14. The molecule has 0 spiro atoms. The van der Waals surface area contributed by atoms with Gasteiger partial charge < -0.3 is 10.4 Å². The first-order valence-corrected chi connectivity index (χ1v) is 8.32. The van der Waals surface area contributed by atoms with E-state index in [2.05, 4.69) is 10.4 Å². The van der Waals surface area contributed by atoms with E-state index in [1.54, 1.807) is 11.8 Å². The van der Waals surface area contributed by atoms with Crippen molar-refractivity contribution in [3.8, 4) is 0 Å². The van der Waals surface area contributed by atoms with E-state index in [1.807, 2.05) is 54.6 Å². The SMILES string of the molecule is O=C(Cn1nccc1C(=O)O)Nc1ccccc1Sc1ccccc1. The fraction of sp³-hybridized carbons (Fsp3) is 0.0556. The van der Waals surface area contributed by atoms with Gasteiger partial charge in [0.2, 0.25) is 5.91 Å². The van der Waals surface area contributed by atoms with E-state index < -0.39 is 5.97 Å². The van der Waals surface area contributed by atoms with Crippen LogP contribution in [0.1, 0.15) is 10.5 Å². The first-order valence-electron chi connectivity index (χ1n) is 7.50. The largest absolute Gasteiger partial charge is 0.477 e. The molecule has 3 aromatic rings. The molecule has 7 heteroatoms. The van der Waals surface area contributed by atoms with Gasteiger partial charge in [-0.15, -0.1) is 0 Å².